The summed E-state index contributed by atoms with van der Waals surface area (Å²) in [6, 6.07) is 7.96. The lowest BCUT2D eigenvalue weighted by Gasteiger charge is -2.15. The number of carboxylic acid groups (broad SMARTS) is 1. The molecule has 0 saturated carbocycles. The highest BCUT2D eigenvalue weighted by atomic mass is 32.2. The Labute approximate surface area is 134 Å². The minimum atomic E-state index is -3.44. The highest BCUT2D eigenvalue weighted by Gasteiger charge is 2.26. The zero-order valence-electron chi connectivity index (χ0n) is 12.3. The quantitative estimate of drug-likeness (QED) is 0.927. The largest absolute Gasteiger partial charge is 0.478 e. The summed E-state index contributed by atoms with van der Waals surface area (Å²) >= 11 is 0. The van der Waals surface area contributed by atoms with Crippen molar-refractivity contribution in [2.75, 3.05) is 13.1 Å². The van der Waals surface area contributed by atoms with Gasteiger partial charge in [0.25, 0.3) is 0 Å². The molecule has 0 spiro atoms. The van der Waals surface area contributed by atoms with Crippen LogP contribution in [0.3, 0.4) is 0 Å². The van der Waals surface area contributed by atoms with Gasteiger partial charge in [-0.05, 0) is 36.6 Å². The van der Waals surface area contributed by atoms with E-state index in [1.54, 1.807) is 30.5 Å². The maximum absolute atomic E-state index is 12.5. The second kappa shape index (κ2) is 6.10. The van der Waals surface area contributed by atoms with Crippen molar-refractivity contribution >= 4 is 16.0 Å². The maximum atomic E-state index is 12.5. The first-order chi connectivity index (χ1) is 11.0. The van der Waals surface area contributed by atoms with Gasteiger partial charge in [0.2, 0.25) is 10.0 Å². The fraction of sp³-hybridized carbons (Fsp3) is 0.250. The van der Waals surface area contributed by atoms with Crippen LogP contribution < -0.4 is 0 Å². The summed E-state index contributed by atoms with van der Waals surface area (Å²) < 4.78 is 26.4. The zero-order valence-corrected chi connectivity index (χ0v) is 13.2. The Bertz CT molecular complexity index is 825. The van der Waals surface area contributed by atoms with Crippen LogP contribution in [0.15, 0.2) is 47.6 Å². The Morgan fingerprint density at radius 1 is 1.04 bits per heavy atom. The first-order valence-electron chi connectivity index (χ1n) is 7.27. The highest BCUT2D eigenvalue weighted by molar-refractivity contribution is 7.89. The third-order valence-electron chi connectivity index (χ3n) is 3.88. The van der Waals surface area contributed by atoms with Crippen LogP contribution in [0.4, 0.5) is 0 Å². The molecule has 1 aromatic carbocycles. The van der Waals surface area contributed by atoms with Crippen molar-refractivity contribution < 1.29 is 18.3 Å². The highest BCUT2D eigenvalue weighted by Crippen LogP contribution is 2.25. The van der Waals surface area contributed by atoms with Crippen LogP contribution in [0.5, 0.6) is 0 Å². The van der Waals surface area contributed by atoms with Crippen molar-refractivity contribution in [3.63, 3.8) is 0 Å². The van der Waals surface area contributed by atoms with Crippen molar-refractivity contribution in [1.82, 2.24) is 9.29 Å². The van der Waals surface area contributed by atoms with Gasteiger partial charge >= 0.3 is 5.97 Å². The number of benzene rings is 1. The monoisotopic (exact) mass is 332 g/mol. The van der Waals surface area contributed by atoms with E-state index < -0.39 is 16.0 Å². The maximum Gasteiger partial charge on any atom is 0.337 e. The summed E-state index contributed by atoms with van der Waals surface area (Å²) in [5.74, 6) is -1.05. The molecule has 6 nitrogen and oxygen atoms in total. The SMILES string of the molecule is O=C(O)c1cncc(-c2ccc(S(=O)(=O)N3CCCC3)cc2)c1. The van der Waals surface area contributed by atoms with Gasteiger partial charge in [0.1, 0.15) is 0 Å². The lowest BCUT2D eigenvalue weighted by atomic mass is 10.1. The number of carbonyl (C=O) groups is 1. The Hall–Kier alpha value is -2.25. The zero-order chi connectivity index (χ0) is 16.4. The molecular formula is C16H16N2O4S. The molecule has 120 valence electrons. The van der Waals surface area contributed by atoms with E-state index in [1.165, 1.54) is 16.6 Å². The van der Waals surface area contributed by atoms with E-state index in [0.717, 1.165) is 18.4 Å². The summed E-state index contributed by atoms with van der Waals surface area (Å²) in [6.45, 7) is 1.13. The lowest BCUT2D eigenvalue weighted by molar-refractivity contribution is 0.0696. The number of rotatable bonds is 4. The van der Waals surface area contributed by atoms with Crippen molar-refractivity contribution in [2.45, 2.75) is 17.7 Å². The van der Waals surface area contributed by atoms with Gasteiger partial charge < -0.3 is 5.11 Å². The second-order valence-corrected chi connectivity index (χ2v) is 7.34. The molecule has 1 saturated heterocycles. The molecule has 0 bridgehead atoms. The molecule has 3 rings (SSSR count). The number of hydrogen-bond acceptors (Lipinski definition) is 4. The minimum Gasteiger partial charge on any atom is -0.478 e. The van der Waals surface area contributed by atoms with Gasteiger partial charge in [0, 0.05) is 31.0 Å². The molecule has 1 N–H and O–H groups in total. The first kappa shape index (κ1) is 15.6. The van der Waals surface area contributed by atoms with E-state index in [-0.39, 0.29) is 10.5 Å². The number of aromatic nitrogens is 1. The Morgan fingerprint density at radius 3 is 2.30 bits per heavy atom. The van der Waals surface area contributed by atoms with E-state index in [4.69, 9.17) is 5.11 Å². The van der Waals surface area contributed by atoms with Crippen LogP contribution in [0, 0.1) is 0 Å². The standard InChI is InChI=1S/C16H16N2O4S/c19-16(20)14-9-13(10-17-11-14)12-3-5-15(6-4-12)23(21,22)18-7-1-2-8-18/h3-6,9-11H,1-2,7-8H2,(H,19,20). The molecule has 1 aliphatic heterocycles. The van der Waals surface area contributed by atoms with Crippen molar-refractivity contribution in [1.29, 1.82) is 0 Å². The molecule has 0 radical (unpaired) electrons. The molecule has 0 amide bonds. The Morgan fingerprint density at radius 2 is 1.70 bits per heavy atom. The lowest BCUT2D eigenvalue weighted by Crippen LogP contribution is -2.27. The molecule has 2 heterocycles. The van der Waals surface area contributed by atoms with Crippen LogP contribution in [-0.2, 0) is 10.0 Å². The Balaban J connectivity index is 1.90. The number of pyridine rings is 1. The fourth-order valence-electron chi connectivity index (χ4n) is 2.61. The molecule has 1 aromatic heterocycles. The van der Waals surface area contributed by atoms with E-state index in [1.807, 2.05) is 0 Å². The minimum absolute atomic E-state index is 0.0938. The molecule has 23 heavy (non-hydrogen) atoms. The summed E-state index contributed by atoms with van der Waals surface area (Å²) in [4.78, 5) is 15.2. The molecular weight excluding hydrogens is 316 g/mol. The van der Waals surface area contributed by atoms with Gasteiger partial charge in [-0.2, -0.15) is 4.31 Å². The summed E-state index contributed by atoms with van der Waals surface area (Å²) in [5, 5.41) is 9.00. The van der Waals surface area contributed by atoms with Gasteiger partial charge in [-0.15, -0.1) is 0 Å². The molecule has 7 heteroatoms. The number of hydrogen-bond donors (Lipinski definition) is 1. The third kappa shape index (κ3) is 3.11. The summed E-state index contributed by atoms with van der Waals surface area (Å²) in [6.07, 6.45) is 4.62. The molecule has 0 aliphatic carbocycles. The van der Waals surface area contributed by atoms with E-state index in [9.17, 15) is 13.2 Å². The Kier molecular flexibility index (Phi) is 4.14. The predicted octanol–water partition coefficient (Wildman–Crippen LogP) is 2.23. The average Bonchev–Trinajstić information content (AvgIpc) is 3.10. The number of nitrogens with zero attached hydrogens (tertiary/aromatic N) is 2. The average molecular weight is 332 g/mol. The molecule has 2 aromatic rings. The van der Waals surface area contributed by atoms with Crippen molar-refractivity contribution in [2.24, 2.45) is 0 Å². The second-order valence-electron chi connectivity index (χ2n) is 5.40. The van der Waals surface area contributed by atoms with E-state index in [2.05, 4.69) is 4.98 Å². The number of aromatic carboxylic acids is 1. The van der Waals surface area contributed by atoms with Crippen LogP contribution in [0.25, 0.3) is 11.1 Å². The summed E-state index contributed by atoms with van der Waals surface area (Å²) in [7, 11) is -3.44. The third-order valence-corrected chi connectivity index (χ3v) is 5.79. The summed E-state index contributed by atoms with van der Waals surface area (Å²) in [5.41, 5.74) is 1.45. The van der Waals surface area contributed by atoms with Crippen molar-refractivity contribution in [3.8, 4) is 11.1 Å². The van der Waals surface area contributed by atoms with E-state index in [0.29, 0.717) is 18.7 Å². The van der Waals surface area contributed by atoms with Crippen LogP contribution in [-0.4, -0.2) is 41.9 Å². The van der Waals surface area contributed by atoms with Crippen LogP contribution in [0.2, 0.25) is 0 Å². The number of sulfonamides is 1. The molecule has 0 atom stereocenters. The molecule has 1 aliphatic rings. The number of carboxylic acids is 1. The fourth-order valence-corrected chi connectivity index (χ4v) is 4.13. The first-order valence-corrected chi connectivity index (χ1v) is 8.71. The van der Waals surface area contributed by atoms with Gasteiger partial charge in [-0.3, -0.25) is 4.98 Å². The molecule has 1 fully saturated rings. The van der Waals surface area contributed by atoms with E-state index >= 15 is 0 Å². The topological polar surface area (TPSA) is 87.6 Å². The molecule has 0 unspecified atom stereocenters. The van der Waals surface area contributed by atoms with Gasteiger partial charge in [-0.25, -0.2) is 13.2 Å². The van der Waals surface area contributed by atoms with Gasteiger partial charge in [-0.1, -0.05) is 12.1 Å². The normalized spacial score (nSPS) is 15.7. The van der Waals surface area contributed by atoms with Crippen LogP contribution >= 0.6 is 0 Å². The van der Waals surface area contributed by atoms with Gasteiger partial charge in [0.15, 0.2) is 0 Å². The van der Waals surface area contributed by atoms with Crippen LogP contribution in [0.1, 0.15) is 23.2 Å². The van der Waals surface area contributed by atoms with Gasteiger partial charge in [0.05, 0.1) is 10.5 Å². The predicted molar refractivity (Wildman–Crippen MR) is 84.6 cm³/mol. The smallest absolute Gasteiger partial charge is 0.337 e. The van der Waals surface area contributed by atoms with Crippen molar-refractivity contribution in [3.05, 3.63) is 48.3 Å².